The lowest BCUT2D eigenvalue weighted by molar-refractivity contribution is -0.150. The molecule has 1 aliphatic rings. The molecule has 1 saturated carbocycles. The molecular formula is C22H22F6N4O2. The van der Waals surface area contributed by atoms with Crippen LogP contribution in [0.3, 0.4) is 0 Å². The molecule has 0 atom stereocenters. The van der Waals surface area contributed by atoms with Gasteiger partial charge in [-0.05, 0) is 56.0 Å². The lowest BCUT2D eigenvalue weighted by Gasteiger charge is -2.30. The van der Waals surface area contributed by atoms with Gasteiger partial charge in [0, 0.05) is 35.9 Å². The van der Waals surface area contributed by atoms with Crippen LogP contribution in [-0.4, -0.2) is 28.9 Å². The fraction of sp³-hybridized carbons (Fsp3) is 0.409. The highest BCUT2D eigenvalue weighted by Gasteiger charge is 2.39. The number of carbonyl (C=O) groups is 2. The number of benzene rings is 1. The molecule has 1 aromatic heterocycles. The number of hydrogen-bond donors (Lipinski definition) is 3. The van der Waals surface area contributed by atoms with E-state index in [9.17, 15) is 35.9 Å². The standard InChI is InChI=1S/C22H22F6N4O2/c1-12(33)29-16-4-2-3-13(9-16)20(34)31-15-7-5-14(6-8-15)30-17-10-18(21(23,24)25)32-19(11-17)22(26,27)28/h2-4,9-11,14-15H,5-8H2,1H3,(H,29,33)(H,30,32)(H,31,34)/t14-,15+. The second kappa shape index (κ2) is 9.90. The molecule has 12 heteroatoms. The third-order valence-corrected chi connectivity index (χ3v) is 5.28. The molecule has 1 aliphatic carbocycles. The highest BCUT2D eigenvalue weighted by Crippen LogP contribution is 2.35. The van der Waals surface area contributed by atoms with Crippen molar-refractivity contribution in [3.05, 3.63) is 53.3 Å². The van der Waals surface area contributed by atoms with Crippen molar-refractivity contribution >= 4 is 23.2 Å². The predicted octanol–water partition coefficient (Wildman–Crippen LogP) is 5.23. The molecule has 0 radical (unpaired) electrons. The maximum absolute atomic E-state index is 13.0. The lowest BCUT2D eigenvalue weighted by atomic mass is 9.90. The molecule has 0 saturated heterocycles. The third-order valence-electron chi connectivity index (χ3n) is 5.28. The van der Waals surface area contributed by atoms with Gasteiger partial charge in [0.1, 0.15) is 11.4 Å². The predicted molar refractivity (Wildman–Crippen MR) is 112 cm³/mol. The summed E-state index contributed by atoms with van der Waals surface area (Å²) in [7, 11) is 0. The van der Waals surface area contributed by atoms with E-state index in [4.69, 9.17) is 0 Å². The van der Waals surface area contributed by atoms with E-state index >= 15 is 0 Å². The normalized spacial score (nSPS) is 18.8. The Bertz CT molecular complexity index is 1010. The summed E-state index contributed by atoms with van der Waals surface area (Å²) in [5.74, 6) is -0.621. The van der Waals surface area contributed by atoms with Crippen molar-refractivity contribution in [3.8, 4) is 0 Å². The summed E-state index contributed by atoms with van der Waals surface area (Å²) >= 11 is 0. The smallest absolute Gasteiger partial charge is 0.382 e. The number of pyridine rings is 1. The Kier molecular flexibility index (Phi) is 7.37. The first-order chi connectivity index (χ1) is 15.8. The topological polar surface area (TPSA) is 83.1 Å². The van der Waals surface area contributed by atoms with Crippen LogP contribution in [0.15, 0.2) is 36.4 Å². The summed E-state index contributed by atoms with van der Waals surface area (Å²) in [6.45, 7) is 1.35. The van der Waals surface area contributed by atoms with Crippen molar-refractivity contribution in [2.75, 3.05) is 10.6 Å². The Morgan fingerprint density at radius 3 is 1.94 bits per heavy atom. The maximum atomic E-state index is 13.0. The molecule has 6 nitrogen and oxygen atoms in total. The molecule has 1 fully saturated rings. The highest BCUT2D eigenvalue weighted by molar-refractivity contribution is 5.96. The number of aromatic nitrogens is 1. The monoisotopic (exact) mass is 488 g/mol. The number of halogens is 6. The van der Waals surface area contributed by atoms with E-state index in [-0.39, 0.29) is 29.6 Å². The molecule has 0 aliphatic heterocycles. The van der Waals surface area contributed by atoms with E-state index in [1.54, 1.807) is 18.2 Å². The maximum Gasteiger partial charge on any atom is 0.433 e. The largest absolute Gasteiger partial charge is 0.433 e. The minimum absolute atomic E-state index is 0.205. The summed E-state index contributed by atoms with van der Waals surface area (Å²) in [5, 5.41) is 8.20. The minimum atomic E-state index is -5.02. The number of alkyl halides is 6. The molecule has 2 aromatic rings. The van der Waals surface area contributed by atoms with Gasteiger partial charge in [-0.3, -0.25) is 9.59 Å². The van der Waals surface area contributed by atoms with Crippen molar-refractivity contribution in [1.29, 1.82) is 0 Å². The molecular weight excluding hydrogens is 466 g/mol. The Balaban J connectivity index is 1.60. The second-order valence-corrected chi connectivity index (χ2v) is 8.05. The van der Waals surface area contributed by atoms with Gasteiger partial charge < -0.3 is 16.0 Å². The van der Waals surface area contributed by atoms with Gasteiger partial charge in [0.25, 0.3) is 5.91 Å². The Hall–Kier alpha value is -3.31. The Morgan fingerprint density at radius 1 is 0.853 bits per heavy atom. The van der Waals surface area contributed by atoms with Crippen LogP contribution in [0.25, 0.3) is 0 Å². The second-order valence-electron chi connectivity index (χ2n) is 8.05. The van der Waals surface area contributed by atoms with Crippen LogP contribution in [0.1, 0.15) is 54.4 Å². The molecule has 2 amide bonds. The molecule has 34 heavy (non-hydrogen) atoms. The first-order valence-electron chi connectivity index (χ1n) is 10.4. The summed E-state index contributed by atoms with van der Waals surface area (Å²) in [4.78, 5) is 26.4. The van der Waals surface area contributed by atoms with Crippen molar-refractivity contribution in [2.24, 2.45) is 0 Å². The first kappa shape index (κ1) is 25.3. The minimum Gasteiger partial charge on any atom is -0.382 e. The summed E-state index contributed by atoms with van der Waals surface area (Å²) in [6.07, 6.45) is -8.20. The van der Waals surface area contributed by atoms with Crippen molar-refractivity contribution in [2.45, 2.75) is 57.0 Å². The average molecular weight is 488 g/mol. The molecule has 3 N–H and O–H groups in total. The summed E-state index contributed by atoms with van der Waals surface area (Å²) in [6, 6.07) is 6.95. The van der Waals surface area contributed by atoms with Crippen molar-refractivity contribution < 1.29 is 35.9 Å². The molecule has 0 unspecified atom stereocenters. The number of nitrogens with one attached hydrogen (secondary N) is 3. The van der Waals surface area contributed by atoms with E-state index in [0.29, 0.717) is 49.1 Å². The van der Waals surface area contributed by atoms with Crippen LogP contribution >= 0.6 is 0 Å². The molecule has 184 valence electrons. The highest BCUT2D eigenvalue weighted by atomic mass is 19.4. The van der Waals surface area contributed by atoms with Gasteiger partial charge in [0.05, 0.1) is 0 Å². The van der Waals surface area contributed by atoms with E-state index in [0.717, 1.165) is 0 Å². The zero-order chi connectivity index (χ0) is 25.1. The quantitative estimate of drug-likeness (QED) is 0.504. The third kappa shape index (κ3) is 6.84. The zero-order valence-electron chi connectivity index (χ0n) is 18.0. The van der Waals surface area contributed by atoms with Gasteiger partial charge >= 0.3 is 12.4 Å². The van der Waals surface area contributed by atoms with Gasteiger partial charge in [-0.15, -0.1) is 0 Å². The number of nitrogens with zero attached hydrogens (tertiary/aromatic N) is 1. The Morgan fingerprint density at radius 2 is 1.41 bits per heavy atom. The number of hydrogen-bond acceptors (Lipinski definition) is 4. The number of carbonyl (C=O) groups excluding carboxylic acids is 2. The van der Waals surface area contributed by atoms with Gasteiger partial charge in [-0.1, -0.05) is 6.07 Å². The fourth-order valence-electron chi connectivity index (χ4n) is 3.73. The van der Waals surface area contributed by atoms with Crippen molar-refractivity contribution in [1.82, 2.24) is 10.3 Å². The van der Waals surface area contributed by atoms with Crippen molar-refractivity contribution in [3.63, 3.8) is 0 Å². The first-order valence-corrected chi connectivity index (χ1v) is 10.4. The molecule has 0 spiro atoms. The van der Waals surface area contributed by atoms with Gasteiger partial charge in [0.15, 0.2) is 0 Å². The zero-order valence-corrected chi connectivity index (χ0v) is 18.0. The van der Waals surface area contributed by atoms with E-state index in [2.05, 4.69) is 20.9 Å². The van der Waals surface area contributed by atoms with E-state index in [1.807, 2.05) is 0 Å². The van der Waals surface area contributed by atoms with Gasteiger partial charge in [0.2, 0.25) is 5.91 Å². The van der Waals surface area contributed by atoms with E-state index < -0.39 is 23.7 Å². The van der Waals surface area contributed by atoms with Crippen LogP contribution < -0.4 is 16.0 Å². The average Bonchev–Trinajstić information content (AvgIpc) is 2.73. The van der Waals surface area contributed by atoms with Crippen LogP contribution in [0.4, 0.5) is 37.7 Å². The van der Waals surface area contributed by atoms with Crippen LogP contribution in [-0.2, 0) is 17.1 Å². The SMILES string of the molecule is CC(=O)Nc1cccc(C(=O)N[C@H]2CC[C@@H](Nc3cc(C(F)(F)F)nc(C(F)(F)F)c3)CC2)c1. The number of amides is 2. The molecule has 1 heterocycles. The Labute approximate surface area is 191 Å². The summed E-state index contributed by atoms with van der Waals surface area (Å²) < 4.78 is 78.0. The fourth-order valence-corrected chi connectivity index (χ4v) is 3.73. The van der Waals surface area contributed by atoms with Gasteiger partial charge in [-0.25, -0.2) is 4.98 Å². The number of anilines is 2. The molecule has 3 rings (SSSR count). The number of rotatable bonds is 5. The molecule has 1 aromatic carbocycles. The molecule has 0 bridgehead atoms. The van der Waals surface area contributed by atoms with E-state index in [1.165, 1.54) is 13.0 Å². The van der Waals surface area contributed by atoms with Crippen LogP contribution in [0.2, 0.25) is 0 Å². The van der Waals surface area contributed by atoms with Crippen LogP contribution in [0.5, 0.6) is 0 Å². The van der Waals surface area contributed by atoms with Crippen LogP contribution in [0, 0.1) is 0 Å². The summed E-state index contributed by atoms with van der Waals surface area (Å²) in [5.41, 5.74) is -2.72. The lowest BCUT2D eigenvalue weighted by Crippen LogP contribution is -2.40. The van der Waals surface area contributed by atoms with Gasteiger partial charge in [-0.2, -0.15) is 26.3 Å².